The summed E-state index contributed by atoms with van der Waals surface area (Å²) >= 11 is 0. The lowest BCUT2D eigenvalue weighted by molar-refractivity contribution is -0.131. The standard InChI is InChI=1S/C22H34O4/c1-18(10-7-8-17-26-2)11-9-12-19-15-16-21(23)20(19)13-5-3-4-6-14-22(24)25/h3,5-6,14-16,18-20H,4,7-13,17H2,1-2H3,(H,24,25)/b5-3?,14-6-/t18-,19+,20-/m1/s1. The topological polar surface area (TPSA) is 63.6 Å². The number of carboxylic acid groups (broad SMARTS) is 1. The molecule has 3 atom stereocenters. The van der Waals surface area contributed by atoms with Crippen molar-refractivity contribution in [2.24, 2.45) is 17.8 Å². The van der Waals surface area contributed by atoms with Crippen LogP contribution in [0.25, 0.3) is 0 Å². The first-order valence-electron chi connectivity index (χ1n) is 9.80. The number of carboxylic acids is 1. The van der Waals surface area contributed by atoms with Gasteiger partial charge in [0.05, 0.1) is 0 Å². The molecule has 0 aromatic heterocycles. The lowest BCUT2D eigenvalue weighted by Crippen LogP contribution is -2.15. The smallest absolute Gasteiger partial charge is 0.327 e. The van der Waals surface area contributed by atoms with Gasteiger partial charge in [0.25, 0.3) is 0 Å². The van der Waals surface area contributed by atoms with Gasteiger partial charge in [-0.25, -0.2) is 4.79 Å². The van der Waals surface area contributed by atoms with Crippen LogP contribution in [0.2, 0.25) is 0 Å². The molecule has 1 N–H and O–H groups in total. The predicted molar refractivity (Wildman–Crippen MR) is 105 cm³/mol. The van der Waals surface area contributed by atoms with Crippen molar-refractivity contribution >= 4 is 11.8 Å². The van der Waals surface area contributed by atoms with Gasteiger partial charge in [-0.15, -0.1) is 0 Å². The van der Waals surface area contributed by atoms with Gasteiger partial charge in [-0.1, -0.05) is 56.9 Å². The molecule has 146 valence electrons. The number of ether oxygens (including phenoxy) is 1. The second kappa shape index (κ2) is 13.5. The molecule has 1 rings (SSSR count). The van der Waals surface area contributed by atoms with Crippen LogP contribution in [0.3, 0.4) is 0 Å². The van der Waals surface area contributed by atoms with Crippen molar-refractivity contribution in [3.05, 3.63) is 36.5 Å². The molecule has 0 aromatic carbocycles. The van der Waals surface area contributed by atoms with Gasteiger partial charge >= 0.3 is 5.97 Å². The van der Waals surface area contributed by atoms with Gasteiger partial charge < -0.3 is 9.84 Å². The molecule has 4 heteroatoms. The van der Waals surface area contributed by atoms with E-state index in [9.17, 15) is 9.59 Å². The first-order valence-corrected chi connectivity index (χ1v) is 9.80. The largest absolute Gasteiger partial charge is 0.478 e. The summed E-state index contributed by atoms with van der Waals surface area (Å²) in [7, 11) is 1.75. The van der Waals surface area contributed by atoms with Crippen molar-refractivity contribution < 1.29 is 19.4 Å². The summed E-state index contributed by atoms with van der Waals surface area (Å²) < 4.78 is 5.08. The Balaban J connectivity index is 2.25. The zero-order chi connectivity index (χ0) is 19.2. The van der Waals surface area contributed by atoms with Crippen LogP contribution >= 0.6 is 0 Å². The molecular formula is C22H34O4. The zero-order valence-electron chi connectivity index (χ0n) is 16.2. The molecule has 0 saturated heterocycles. The van der Waals surface area contributed by atoms with Gasteiger partial charge in [-0.05, 0) is 43.6 Å². The Morgan fingerprint density at radius 2 is 2.00 bits per heavy atom. The third kappa shape index (κ3) is 9.71. The Kier molecular flexibility index (Phi) is 11.6. The molecule has 4 nitrogen and oxygen atoms in total. The quantitative estimate of drug-likeness (QED) is 0.269. The summed E-state index contributed by atoms with van der Waals surface area (Å²) in [5.41, 5.74) is 0. The lowest BCUT2D eigenvalue weighted by atomic mass is 9.86. The van der Waals surface area contributed by atoms with E-state index >= 15 is 0 Å². The minimum atomic E-state index is -0.929. The number of hydrogen-bond acceptors (Lipinski definition) is 3. The first-order chi connectivity index (χ1) is 12.5. The van der Waals surface area contributed by atoms with Crippen molar-refractivity contribution in [1.82, 2.24) is 0 Å². The average molecular weight is 363 g/mol. The molecule has 0 heterocycles. The number of carbonyl (C=O) groups is 2. The van der Waals surface area contributed by atoms with Gasteiger partial charge in [-0.2, -0.15) is 0 Å². The minimum absolute atomic E-state index is 0.0618. The molecule has 0 aromatic rings. The molecule has 1 aliphatic carbocycles. The molecule has 0 amide bonds. The molecular weight excluding hydrogens is 328 g/mol. The Morgan fingerprint density at radius 1 is 1.23 bits per heavy atom. The molecule has 26 heavy (non-hydrogen) atoms. The summed E-state index contributed by atoms with van der Waals surface area (Å²) in [5, 5.41) is 8.54. The van der Waals surface area contributed by atoms with E-state index in [0.29, 0.717) is 12.3 Å². The maximum atomic E-state index is 12.1. The van der Waals surface area contributed by atoms with Crippen LogP contribution in [0.5, 0.6) is 0 Å². The summed E-state index contributed by atoms with van der Waals surface area (Å²) in [6.07, 6.45) is 18.9. The van der Waals surface area contributed by atoms with E-state index in [1.54, 1.807) is 19.3 Å². The van der Waals surface area contributed by atoms with E-state index in [1.807, 2.05) is 12.2 Å². The normalized spacial score (nSPS) is 21.2. The summed E-state index contributed by atoms with van der Waals surface area (Å²) in [4.78, 5) is 22.5. The van der Waals surface area contributed by atoms with Gasteiger partial charge in [0.2, 0.25) is 0 Å². The molecule has 1 aliphatic rings. The molecule has 0 aliphatic heterocycles. The van der Waals surface area contributed by atoms with E-state index in [0.717, 1.165) is 44.3 Å². The first kappa shape index (κ1) is 22.4. The molecule has 0 radical (unpaired) electrons. The van der Waals surface area contributed by atoms with Crippen LogP contribution in [-0.2, 0) is 14.3 Å². The monoisotopic (exact) mass is 362 g/mol. The number of methoxy groups -OCH3 is 1. The van der Waals surface area contributed by atoms with Gasteiger partial charge in [-0.3, -0.25) is 4.79 Å². The van der Waals surface area contributed by atoms with E-state index in [1.165, 1.54) is 19.3 Å². The highest BCUT2D eigenvalue weighted by atomic mass is 16.5. The van der Waals surface area contributed by atoms with Gasteiger partial charge in [0.15, 0.2) is 5.78 Å². The Bertz CT molecular complexity index is 504. The minimum Gasteiger partial charge on any atom is -0.478 e. The maximum Gasteiger partial charge on any atom is 0.327 e. The Hall–Kier alpha value is -1.68. The van der Waals surface area contributed by atoms with Crippen LogP contribution in [0.1, 0.15) is 58.3 Å². The third-order valence-corrected chi connectivity index (χ3v) is 5.01. The van der Waals surface area contributed by atoms with Crippen LogP contribution < -0.4 is 0 Å². The fourth-order valence-electron chi connectivity index (χ4n) is 3.45. The fourth-order valence-corrected chi connectivity index (χ4v) is 3.45. The summed E-state index contributed by atoms with van der Waals surface area (Å²) in [6.45, 7) is 3.16. The number of hydrogen-bond donors (Lipinski definition) is 1. The SMILES string of the molecule is COCCCC[C@@H](C)CCC[C@H]1C=CC(=O)[C@@H]1CC=CC/C=C\C(=O)O. The third-order valence-electron chi connectivity index (χ3n) is 5.01. The second-order valence-corrected chi connectivity index (χ2v) is 7.24. The lowest BCUT2D eigenvalue weighted by Gasteiger charge is -2.18. The highest BCUT2D eigenvalue weighted by Crippen LogP contribution is 2.31. The van der Waals surface area contributed by atoms with Crippen molar-refractivity contribution in [2.75, 3.05) is 13.7 Å². The Labute approximate surface area is 158 Å². The van der Waals surface area contributed by atoms with E-state index in [4.69, 9.17) is 9.84 Å². The highest BCUT2D eigenvalue weighted by Gasteiger charge is 2.28. The van der Waals surface area contributed by atoms with Crippen LogP contribution in [0.15, 0.2) is 36.5 Å². The molecule has 0 unspecified atom stereocenters. The van der Waals surface area contributed by atoms with Crippen LogP contribution in [0, 0.1) is 17.8 Å². The van der Waals surface area contributed by atoms with Crippen molar-refractivity contribution in [2.45, 2.75) is 58.3 Å². The molecule has 0 saturated carbocycles. The number of ketones is 1. The van der Waals surface area contributed by atoms with Crippen molar-refractivity contribution in [1.29, 1.82) is 0 Å². The fraction of sp³-hybridized carbons (Fsp3) is 0.636. The zero-order valence-corrected chi connectivity index (χ0v) is 16.2. The number of allylic oxidation sites excluding steroid dienone is 5. The van der Waals surface area contributed by atoms with Crippen LogP contribution in [0.4, 0.5) is 0 Å². The summed E-state index contributed by atoms with van der Waals surface area (Å²) in [6, 6.07) is 0. The maximum absolute atomic E-state index is 12.1. The van der Waals surface area contributed by atoms with E-state index < -0.39 is 5.97 Å². The number of rotatable bonds is 14. The molecule has 0 fully saturated rings. The number of unbranched alkanes of at least 4 members (excludes halogenated alkanes) is 1. The number of carbonyl (C=O) groups excluding carboxylic acids is 1. The molecule has 0 bridgehead atoms. The molecule has 0 spiro atoms. The van der Waals surface area contributed by atoms with Crippen molar-refractivity contribution in [3.63, 3.8) is 0 Å². The summed E-state index contributed by atoms with van der Waals surface area (Å²) in [5.74, 6) is 0.441. The average Bonchev–Trinajstić information content (AvgIpc) is 2.95. The number of aliphatic carboxylic acids is 1. The van der Waals surface area contributed by atoms with Crippen molar-refractivity contribution in [3.8, 4) is 0 Å². The highest BCUT2D eigenvalue weighted by molar-refractivity contribution is 5.94. The van der Waals surface area contributed by atoms with E-state index in [2.05, 4.69) is 13.0 Å². The Morgan fingerprint density at radius 3 is 2.73 bits per heavy atom. The second-order valence-electron chi connectivity index (χ2n) is 7.24. The van der Waals surface area contributed by atoms with E-state index in [-0.39, 0.29) is 11.7 Å². The van der Waals surface area contributed by atoms with Crippen LogP contribution in [-0.4, -0.2) is 30.6 Å². The predicted octanol–water partition coefficient (Wildman–Crippen LogP) is 4.96. The van der Waals surface area contributed by atoms with Gasteiger partial charge in [0, 0.05) is 25.7 Å². The van der Waals surface area contributed by atoms with Gasteiger partial charge in [0.1, 0.15) is 0 Å².